The molecule has 0 atom stereocenters. The zero-order valence-corrected chi connectivity index (χ0v) is 2.59. The van der Waals surface area contributed by atoms with E-state index in [2.05, 4.69) is 0 Å². The van der Waals surface area contributed by atoms with Gasteiger partial charge in [0, 0.05) is 0 Å². The minimum absolute atomic E-state index is 0. The van der Waals surface area contributed by atoms with Crippen LogP contribution in [-0.2, 0) is 17.1 Å². The molecule has 0 aliphatic rings. The van der Waals surface area contributed by atoms with Crippen LogP contribution in [0.5, 0.6) is 0 Å². The summed E-state index contributed by atoms with van der Waals surface area (Å²) in [6.07, 6.45) is 0. The second-order valence-corrected chi connectivity index (χ2v) is 0. The van der Waals surface area contributed by atoms with Gasteiger partial charge in [0.05, 0.1) is 0 Å². The Labute approximate surface area is 32.2 Å². The molecule has 0 spiro atoms. The molecule has 0 saturated carbocycles. The van der Waals surface area contributed by atoms with Crippen molar-refractivity contribution in [2.75, 3.05) is 0 Å². The predicted octanol–water partition coefficient (Wildman–Crippen LogP) is -8.99. The molecule has 4 heteroatoms. The topological polar surface area (TPSA) is 0 Å². The van der Waals surface area contributed by atoms with Gasteiger partial charge in [0.1, 0.15) is 0 Å². The maximum Gasteiger partial charge on any atom is 3.00 e. The number of halogens is 3. The van der Waals surface area contributed by atoms with Crippen LogP contribution in [0.25, 0.3) is 0 Å². The molecule has 1 radical (unpaired) electrons. The summed E-state index contributed by atoms with van der Waals surface area (Å²) in [5.74, 6) is 0. The molecule has 0 aromatic heterocycles. The van der Waals surface area contributed by atoms with Crippen LogP contribution in [0.2, 0.25) is 0 Å². The van der Waals surface area contributed by atoms with Crippen LogP contribution in [0.15, 0.2) is 0 Å². The van der Waals surface area contributed by atoms with Crippen molar-refractivity contribution >= 4 is 0 Å². The average Bonchev–Trinajstić information content (AvgIpc) is 0. The van der Waals surface area contributed by atoms with Gasteiger partial charge in [-0.15, -0.1) is 0 Å². The Balaban J connectivity index is 0. The molecule has 0 aromatic rings. The Morgan fingerprint density at radius 1 is 0.500 bits per heavy atom. The summed E-state index contributed by atoms with van der Waals surface area (Å²) >= 11 is 0. The molecule has 0 N–H and O–H groups in total. The minimum atomic E-state index is 0. The average molecular weight is 113 g/mol. The summed E-state index contributed by atoms with van der Waals surface area (Å²) < 4.78 is 0. The third-order valence-corrected chi connectivity index (χ3v) is 0. The first-order valence-corrected chi connectivity index (χ1v) is 0. The van der Waals surface area contributed by atoms with Crippen LogP contribution in [0.4, 0.5) is 0 Å². The molecule has 0 fully saturated rings. The molecule has 0 nitrogen and oxygen atoms in total. The fourth-order valence-corrected chi connectivity index (χ4v) is 0. The SMILES string of the molecule is [F-].[F-].[F-].[Fe+3]. The summed E-state index contributed by atoms with van der Waals surface area (Å²) in [5.41, 5.74) is 0. The van der Waals surface area contributed by atoms with Crippen LogP contribution in [0.3, 0.4) is 0 Å². The van der Waals surface area contributed by atoms with Gasteiger partial charge in [0.15, 0.2) is 0 Å². The Kier molecular flexibility index (Phi) is 22700. The zero-order valence-electron chi connectivity index (χ0n) is 1.49. The van der Waals surface area contributed by atoms with Gasteiger partial charge in [0.25, 0.3) is 0 Å². The second-order valence-electron chi connectivity index (χ2n) is 0. The van der Waals surface area contributed by atoms with Crippen LogP contribution in [-0.4, -0.2) is 0 Å². The first kappa shape index (κ1) is 493. The summed E-state index contributed by atoms with van der Waals surface area (Å²) in [7, 11) is 0. The van der Waals surface area contributed by atoms with Crippen molar-refractivity contribution < 1.29 is 31.2 Å². The Bertz CT molecular complexity index is 3.25. The molecule has 0 aliphatic heterocycles. The van der Waals surface area contributed by atoms with E-state index < -0.39 is 0 Å². The van der Waals surface area contributed by atoms with Crippen molar-refractivity contribution in [1.29, 1.82) is 0 Å². The summed E-state index contributed by atoms with van der Waals surface area (Å²) in [6, 6.07) is 0. The Morgan fingerprint density at radius 3 is 0.500 bits per heavy atom. The van der Waals surface area contributed by atoms with Gasteiger partial charge in [-0.3, -0.25) is 0 Å². The number of rotatable bonds is 0. The summed E-state index contributed by atoms with van der Waals surface area (Å²) in [5, 5.41) is 0. The van der Waals surface area contributed by atoms with Crippen LogP contribution >= 0.6 is 0 Å². The fraction of sp³-hybridized carbons (Fsp3) is 0. The van der Waals surface area contributed by atoms with E-state index in [1.54, 1.807) is 0 Å². The molecule has 0 aliphatic carbocycles. The van der Waals surface area contributed by atoms with E-state index in [-0.39, 0.29) is 31.2 Å². The molecule has 29 valence electrons. The number of hydrogen-bond donors (Lipinski definition) is 0. The maximum absolute atomic E-state index is 0. The van der Waals surface area contributed by atoms with Gasteiger partial charge in [-0.05, 0) is 0 Å². The van der Waals surface area contributed by atoms with Crippen LogP contribution in [0.1, 0.15) is 0 Å². The maximum atomic E-state index is 0. The van der Waals surface area contributed by atoms with Gasteiger partial charge in [-0.1, -0.05) is 0 Å². The van der Waals surface area contributed by atoms with Crippen molar-refractivity contribution in [1.82, 2.24) is 0 Å². The largest absolute Gasteiger partial charge is 3.00 e. The molecule has 0 rings (SSSR count). The van der Waals surface area contributed by atoms with E-state index >= 15 is 0 Å². The van der Waals surface area contributed by atoms with Crippen molar-refractivity contribution in [3.05, 3.63) is 0 Å². The van der Waals surface area contributed by atoms with Crippen molar-refractivity contribution in [2.45, 2.75) is 0 Å². The normalized spacial score (nSPS) is 0. The van der Waals surface area contributed by atoms with Crippen molar-refractivity contribution in [3.8, 4) is 0 Å². The van der Waals surface area contributed by atoms with Crippen molar-refractivity contribution in [3.63, 3.8) is 0 Å². The molecule has 0 unspecified atom stereocenters. The molecule has 4 heavy (non-hydrogen) atoms. The molecule has 0 bridgehead atoms. The van der Waals surface area contributed by atoms with Gasteiger partial charge in [-0.25, -0.2) is 0 Å². The second kappa shape index (κ2) is 184. The predicted molar refractivity (Wildman–Crippen MR) is 0 cm³/mol. The van der Waals surface area contributed by atoms with E-state index in [0.29, 0.717) is 0 Å². The standard InChI is InChI=1S/3FH.Fe/h3*1H;/q;;;+3/p-3. The van der Waals surface area contributed by atoms with Crippen LogP contribution in [0, 0.1) is 0 Å². The first-order valence-electron chi connectivity index (χ1n) is 0. The van der Waals surface area contributed by atoms with E-state index in [9.17, 15) is 0 Å². The zero-order chi connectivity index (χ0) is 0. The minimum Gasteiger partial charge on any atom is -1.00 e. The fourth-order valence-electron chi connectivity index (χ4n) is 0. The van der Waals surface area contributed by atoms with Crippen LogP contribution < -0.4 is 14.1 Å². The molecular weight excluding hydrogens is 113 g/mol. The quantitative estimate of drug-likeness (QED) is 0.273. The Morgan fingerprint density at radius 2 is 0.500 bits per heavy atom. The molecular formula is F3Fe. The van der Waals surface area contributed by atoms with Gasteiger partial charge in [-0.2, -0.15) is 0 Å². The third kappa shape index (κ3) is 41.3. The Hall–Kier alpha value is 0.309. The molecule has 0 aromatic carbocycles. The van der Waals surface area contributed by atoms with E-state index in [1.165, 1.54) is 0 Å². The van der Waals surface area contributed by atoms with E-state index in [4.69, 9.17) is 0 Å². The van der Waals surface area contributed by atoms with E-state index in [0.717, 1.165) is 0 Å². The molecule has 0 amide bonds. The molecule has 0 saturated heterocycles. The summed E-state index contributed by atoms with van der Waals surface area (Å²) in [6.45, 7) is 0. The van der Waals surface area contributed by atoms with E-state index in [1.807, 2.05) is 0 Å². The van der Waals surface area contributed by atoms with Gasteiger partial charge >= 0.3 is 17.1 Å². The van der Waals surface area contributed by atoms with Gasteiger partial charge < -0.3 is 14.1 Å². The third-order valence-electron chi connectivity index (χ3n) is 0. The first-order chi connectivity index (χ1) is 0. The monoisotopic (exact) mass is 113 g/mol. The number of hydrogen-bond acceptors (Lipinski definition) is 0. The smallest absolute Gasteiger partial charge is 1.00 e. The summed E-state index contributed by atoms with van der Waals surface area (Å²) in [4.78, 5) is 0. The molecule has 0 heterocycles. The van der Waals surface area contributed by atoms with Crippen molar-refractivity contribution in [2.24, 2.45) is 0 Å². The van der Waals surface area contributed by atoms with Gasteiger partial charge in [0.2, 0.25) is 0 Å².